The van der Waals surface area contributed by atoms with Crippen LogP contribution < -0.4 is 4.74 Å². The summed E-state index contributed by atoms with van der Waals surface area (Å²) in [6.45, 7) is -0.515. The molecule has 0 amide bonds. The van der Waals surface area contributed by atoms with Gasteiger partial charge in [0.2, 0.25) is 11.5 Å². The highest BCUT2D eigenvalue weighted by Gasteiger charge is 2.30. The zero-order chi connectivity index (χ0) is 18.7. The zero-order valence-electron chi connectivity index (χ0n) is 13.1. The van der Waals surface area contributed by atoms with Crippen LogP contribution in [0.5, 0.6) is 5.75 Å². The lowest BCUT2D eigenvalue weighted by atomic mass is 10.1. The number of halogens is 4. The minimum absolute atomic E-state index is 0.0913. The smallest absolute Gasteiger partial charge is 0.416 e. The van der Waals surface area contributed by atoms with Crippen LogP contribution in [-0.2, 0) is 6.18 Å². The molecule has 0 aliphatic carbocycles. The molecule has 8 heteroatoms. The number of ketones is 1. The summed E-state index contributed by atoms with van der Waals surface area (Å²) in [6, 6.07) is 11.0. The zero-order valence-corrected chi connectivity index (χ0v) is 13.1. The van der Waals surface area contributed by atoms with Crippen molar-refractivity contribution in [2.75, 3.05) is 6.61 Å². The molecule has 1 heterocycles. The Hall–Kier alpha value is -3.16. The van der Waals surface area contributed by atoms with Crippen molar-refractivity contribution in [3.05, 3.63) is 71.7 Å². The van der Waals surface area contributed by atoms with E-state index in [1.165, 1.54) is 42.5 Å². The molecule has 2 aromatic carbocycles. The molecule has 0 bridgehead atoms. The molecule has 0 spiro atoms. The van der Waals surface area contributed by atoms with Gasteiger partial charge in [-0.15, -0.1) is 0 Å². The lowest BCUT2D eigenvalue weighted by Crippen LogP contribution is -2.11. The second kappa shape index (κ2) is 6.99. The summed E-state index contributed by atoms with van der Waals surface area (Å²) >= 11 is 0. The van der Waals surface area contributed by atoms with Crippen molar-refractivity contribution in [3.8, 4) is 17.0 Å². The molecule has 4 nitrogen and oxygen atoms in total. The van der Waals surface area contributed by atoms with Gasteiger partial charge in [0.05, 0.1) is 5.56 Å². The van der Waals surface area contributed by atoms with Crippen LogP contribution in [0.15, 0.2) is 59.1 Å². The normalized spacial score (nSPS) is 11.4. The Morgan fingerprint density at radius 1 is 1.08 bits per heavy atom. The van der Waals surface area contributed by atoms with Crippen LogP contribution in [0.1, 0.15) is 16.1 Å². The molecule has 134 valence electrons. The van der Waals surface area contributed by atoms with Gasteiger partial charge >= 0.3 is 6.18 Å². The Bertz CT molecular complexity index is 917. The van der Waals surface area contributed by atoms with Crippen molar-refractivity contribution >= 4 is 5.78 Å². The standard InChI is InChI=1S/C18H11F4NO3/c19-13-6-4-11(5-7-13)15-9-17(26-23-15)16(24)10-25-14-3-1-2-12(8-14)18(20,21)22/h1-9H,10H2. The molecule has 0 radical (unpaired) electrons. The fourth-order valence-electron chi connectivity index (χ4n) is 2.15. The summed E-state index contributed by atoms with van der Waals surface area (Å²) in [7, 11) is 0. The monoisotopic (exact) mass is 365 g/mol. The molecule has 26 heavy (non-hydrogen) atoms. The van der Waals surface area contributed by atoms with E-state index in [4.69, 9.17) is 9.26 Å². The van der Waals surface area contributed by atoms with Crippen LogP contribution in [-0.4, -0.2) is 17.5 Å². The molecule has 3 aromatic rings. The lowest BCUT2D eigenvalue weighted by Gasteiger charge is -2.09. The summed E-state index contributed by atoms with van der Waals surface area (Å²) in [6.07, 6.45) is -4.50. The second-order valence-corrected chi connectivity index (χ2v) is 5.32. The van der Waals surface area contributed by atoms with Crippen molar-refractivity contribution < 1.29 is 31.6 Å². The van der Waals surface area contributed by atoms with E-state index in [1.54, 1.807) is 0 Å². The number of rotatable bonds is 5. The first kappa shape index (κ1) is 17.7. The number of aromatic nitrogens is 1. The molecule has 0 saturated carbocycles. The average Bonchev–Trinajstić information content (AvgIpc) is 3.10. The van der Waals surface area contributed by atoms with Crippen molar-refractivity contribution in [1.29, 1.82) is 0 Å². The number of hydrogen-bond acceptors (Lipinski definition) is 4. The third-order valence-electron chi connectivity index (χ3n) is 3.46. The predicted octanol–water partition coefficient (Wildman–Crippen LogP) is 4.76. The molecule has 0 fully saturated rings. The van der Waals surface area contributed by atoms with Crippen LogP contribution in [0.4, 0.5) is 17.6 Å². The van der Waals surface area contributed by atoms with E-state index in [2.05, 4.69) is 5.16 Å². The van der Waals surface area contributed by atoms with Crippen molar-refractivity contribution in [1.82, 2.24) is 5.16 Å². The van der Waals surface area contributed by atoms with E-state index >= 15 is 0 Å². The highest BCUT2D eigenvalue weighted by atomic mass is 19.4. The number of ether oxygens (including phenoxy) is 1. The molecule has 0 aliphatic heterocycles. The first-order chi connectivity index (χ1) is 12.3. The predicted molar refractivity (Wildman–Crippen MR) is 83.2 cm³/mol. The third kappa shape index (κ3) is 4.08. The lowest BCUT2D eigenvalue weighted by molar-refractivity contribution is -0.137. The molecular weight excluding hydrogens is 354 g/mol. The molecule has 0 atom stereocenters. The second-order valence-electron chi connectivity index (χ2n) is 5.32. The minimum atomic E-state index is -4.50. The van der Waals surface area contributed by atoms with E-state index in [1.807, 2.05) is 0 Å². The number of carbonyl (C=O) groups is 1. The molecular formula is C18H11F4NO3. The van der Waals surface area contributed by atoms with Crippen molar-refractivity contribution in [3.63, 3.8) is 0 Å². The van der Waals surface area contributed by atoms with Gasteiger partial charge in [-0.3, -0.25) is 4.79 Å². The SMILES string of the molecule is O=C(COc1cccc(C(F)(F)F)c1)c1cc(-c2ccc(F)cc2)no1. The van der Waals surface area contributed by atoms with Gasteiger partial charge in [-0.05, 0) is 42.5 Å². The number of Topliss-reactive ketones (excluding diaryl/α,β-unsaturated/α-hetero) is 1. The molecule has 0 unspecified atom stereocenters. The molecule has 1 aromatic heterocycles. The van der Waals surface area contributed by atoms with Crippen LogP contribution >= 0.6 is 0 Å². The molecule has 0 saturated heterocycles. The Kier molecular flexibility index (Phi) is 4.75. The van der Waals surface area contributed by atoms with E-state index < -0.39 is 29.9 Å². The Balaban J connectivity index is 1.67. The largest absolute Gasteiger partial charge is 0.485 e. The minimum Gasteiger partial charge on any atom is -0.485 e. The van der Waals surface area contributed by atoms with Crippen LogP contribution in [0, 0.1) is 5.82 Å². The number of benzene rings is 2. The van der Waals surface area contributed by atoms with Gasteiger partial charge in [0.25, 0.3) is 0 Å². The maximum atomic E-state index is 12.9. The highest BCUT2D eigenvalue weighted by molar-refractivity contribution is 5.95. The summed E-state index contributed by atoms with van der Waals surface area (Å²) in [5.74, 6) is -1.21. The van der Waals surface area contributed by atoms with Crippen molar-refractivity contribution in [2.24, 2.45) is 0 Å². The topological polar surface area (TPSA) is 52.3 Å². The maximum Gasteiger partial charge on any atom is 0.416 e. The Morgan fingerprint density at radius 2 is 1.81 bits per heavy atom. The highest BCUT2D eigenvalue weighted by Crippen LogP contribution is 2.31. The third-order valence-corrected chi connectivity index (χ3v) is 3.46. The van der Waals surface area contributed by atoms with Gasteiger partial charge in [-0.1, -0.05) is 11.2 Å². The van der Waals surface area contributed by atoms with Crippen LogP contribution in [0.3, 0.4) is 0 Å². The fourth-order valence-corrected chi connectivity index (χ4v) is 2.15. The summed E-state index contributed by atoms with van der Waals surface area (Å²) in [4.78, 5) is 12.1. The summed E-state index contributed by atoms with van der Waals surface area (Å²) in [5, 5.41) is 3.72. The Labute approximate surface area is 145 Å². The molecule has 0 N–H and O–H groups in total. The number of alkyl halides is 3. The van der Waals surface area contributed by atoms with E-state index in [9.17, 15) is 22.4 Å². The average molecular weight is 365 g/mol. The van der Waals surface area contributed by atoms with Gasteiger partial charge < -0.3 is 9.26 Å². The summed E-state index contributed by atoms with van der Waals surface area (Å²) < 4.78 is 60.9. The fraction of sp³-hybridized carbons (Fsp3) is 0.111. The van der Waals surface area contributed by atoms with Crippen LogP contribution in [0.25, 0.3) is 11.3 Å². The Morgan fingerprint density at radius 3 is 2.50 bits per heavy atom. The van der Waals surface area contributed by atoms with E-state index in [0.717, 1.165) is 12.1 Å². The first-order valence-corrected chi connectivity index (χ1v) is 7.39. The van der Waals surface area contributed by atoms with Crippen molar-refractivity contribution in [2.45, 2.75) is 6.18 Å². The summed E-state index contributed by atoms with van der Waals surface area (Å²) in [5.41, 5.74) is 0.00104. The van der Waals surface area contributed by atoms with Crippen LogP contribution in [0.2, 0.25) is 0 Å². The van der Waals surface area contributed by atoms with Gasteiger partial charge in [0.1, 0.15) is 17.3 Å². The number of nitrogens with zero attached hydrogens (tertiary/aromatic N) is 1. The van der Waals surface area contributed by atoms with Gasteiger partial charge in [0.15, 0.2) is 6.61 Å². The first-order valence-electron chi connectivity index (χ1n) is 7.39. The number of carbonyl (C=O) groups excluding carboxylic acids is 1. The molecule has 0 aliphatic rings. The quantitative estimate of drug-likeness (QED) is 0.483. The van der Waals surface area contributed by atoms with Gasteiger partial charge in [-0.25, -0.2) is 4.39 Å². The van der Waals surface area contributed by atoms with Gasteiger partial charge in [0, 0.05) is 11.6 Å². The molecule has 3 rings (SSSR count). The van der Waals surface area contributed by atoms with E-state index in [-0.39, 0.29) is 11.5 Å². The number of hydrogen-bond donors (Lipinski definition) is 0. The maximum absolute atomic E-state index is 12.9. The van der Waals surface area contributed by atoms with E-state index in [0.29, 0.717) is 11.3 Å². The van der Waals surface area contributed by atoms with Gasteiger partial charge in [-0.2, -0.15) is 13.2 Å².